The normalized spacial score (nSPS) is 17.3. The van der Waals surface area contributed by atoms with Gasteiger partial charge < -0.3 is 10.2 Å². The Morgan fingerprint density at radius 1 is 1.17 bits per heavy atom. The molecule has 1 aromatic carbocycles. The maximum atomic E-state index is 12.5. The van der Waals surface area contributed by atoms with Gasteiger partial charge in [0.1, 0.15) is 0 Å². The molecule has 0 unspecified atom stereocenters. The third kappa shape index (κ3) is 5.17. The number of amides is 1. The van der Waals surface area contributed by atoms with Crippen molar-refractivity contribution in [2.75, 3.05) is 16.8 Å². The van der Waals surface area contributed by atoms with Crippen molar-refractivity contribution in [3.8, 4) is 0 Å². The largest absolute Gasteiger partial charge is 0.356 e. The quantitative estimate of drug-likeness (QED) is 0.598. The van der Waals surface area contributed by atoms with E-state index in [-0.39, 0.29) is 17.1 Å². The highest BCUT2D eigenvalue weighted by atomic mass is 35.5. The maximum absolute atomic E-state index is 12.5. The van der Waals surface area contributed by atoms with Crippen molar-refractivity contribution in [3.63, 3.8) is 0 Å². The second-order valence-electron chi connectivity index (χ2n) is 7.96. The van der Waals surface area contributed by atoms with Crippen molar-refractivity contribution in [1.29, 1.82) is 0 Å². The highest BCUT2D eigenvalue weighted by Crippen LogP contribution is 2.41. The van der Waals surface area contributed by atoms with Gasteiger partial charge in [0.15, 0.2) is 5.78 Å². The SMILES string of the molecule is CC(=O)N1CC2=C(CC(C)(C)CC2=O)Nc2cnccc21.Clc1cccc(Cl)c1. The summed E-state index contributed by atoms with van der Waals surface area (Å²) in [5.41, 5.74) is 3.15. The minimum Gasteiger partial charge on any atom is -0.356 e. The Hall–Kier alpha value is -2.37. The number of allylic oxidation sites excluding steroid dienone is 1. The van der Waals surface area contributed by atoms with E-state index in [9.17, 15) is 9.59 Å². The molecule has 0 saturated heterocycles. The lowest BCUT2D eigenvalue weighted by atomic mass is 9.75. The smallest absolute Gasteiger partial charge is 0.224 e. The van der Waals surface area contributed by atoms with E-state index >= 15 is 0 Å². The van der Waals surface area contributed by atoms with Crippen LogP contribution in [0, 0.1) is 5.41 Å². The number of fused-ring (bicyclic) bond motifs is 1. The Labute approximate surface area is 180 Å². The highest BCUT2D eigenvalue weighted by molar-refractivity contribution is 6.34. The molecule has 0 atom stereocenters. The predicted octanol–water partition coefficient (Wildman–Crippen LogP) is 5.50. The molecule has 0 fully saturated rings. The van der Waals surface area contributed by atoms with Crippen LogP contribution in [0.25, 0.3) is 0 Å². The number of hydrogen-bond donors (Lipinski definition) is 1. The number of aromatic nitrogens is 1. The average Bonchev–Trinajstić information content (AvgIpc) is 2.77. The minimum atomic E-state index is -0.0735. The molecule has 7 heteroatoms. The summed E-state index contributed by atoms with van der Waals surface area (Å²) in [4.78, 5) is 30.2. The number of anilines is 2. The molecule has 2 aliphatic rings. The van der Waals surface area contributed by atoms with Crippen LogP contribution < -0.4 is 10.2 Å². The van der Waals surface area contributed by atoms with Crippen molar-refractivity contribution < 1.29 is 9.59 Å². The van der Waals surface area contributed by atoms with Gasteiger partial charge in [-0.2, -0.15) is 0 Å². The van der Waals surface area contributed by atoms with Crippen molar-refractivity contribution in [3.05, 3.63) is 64.0 Å². The fraction of sp³-hybridized carbons (Fsp3) is 0.318. The molecule has 4 rings (SSSR count). The number of nitrogens with one attached hydrogen (secondary N) is 1. The van der Waals surface area contributed by atoms with Gasteiger partial charge in [-0.1, -0.05) is 43.1 Å². The molecular formula is C22H23Cl2N3O2. The van der Waals surface area contributed by atoms with Crippen LogP contribution in [0.2, 0.25) is 10.0 Å². The number of halogens is 2. The van der Waals surface area contributed by atoms with Gasteiger partial charge in [0.25, 0.3) is 0 Å². The Balaban J connectivity index is 0.000000252. The van der Waals surface area contributed by atoms with Crippen LogP contribution in [-0.4, -0.2) is 23.2 Å². The number of pyridine rings is 1. The van der Waals surface area contributed by atoms with Crippen molar-refractivity contribution in [1.82, 2.24) is 4.98 Å². The van der Waals surface area contributed by atoms with Gasteiger partial charge >= 0.3 is 0 Å². The topological polar surface area (TPSA) is 62.3 Å². The number of Topliss-reactive ketones (excluding diaryl/α,β-unsaturated/α-hetero) is 1. The molecule has 0 radical (unpaired) electrons. The van der Waals surface area contributed by atoms with Gasteiger partial charge in [-0.3, -0.25) is 14.6 Å². The van der Waals surface area contributed by atoms with Crippen LogP contribution in [0.3, 0.4) is 0 Å². The third-order valence-electron chi connectivity index (χ3n) is 4.85. The molecule has 2 aromatic rings. The molecule has 1 amide bonds. The van der Waals surface area contributed by atoms with Crippen molar-refractivity contribution >= 4 is 46.3 Å². The number of benzene rings is 1. The summed E-state index contributed by atoms with van der Waals surface area (Å²) in [5.74, 6) is 0.0522. The van der Waals surface area contributed by atoms with E-state index in [1.165, 1.54) is 6.92 Å². The van der Waals surface area contributed by atoms with E-state index in [0.717, 1.165) is 29.1 Å². The fourth-order valence-electron chi connectivity index (χ4n) is 3.53. The molecule has 1 aliphatic carbocycles. The van der Waals surface area contributed by atoms with Gasteiger partial charge in [-0.15, -0.1) is 0 Å². The zero-order valence-electron chi connectivity index (χ0n) is 16.6. The van der Waals surface area contributed by atoms with Gasteiger partial charge in [-0.25, -0.2) is 0 Å². The molecule has 1 aliphatic heterocycles. The first kappa shape index (κ1) is 21.3. The summed E-state index contributed by atoms with van der Waals surface area (Å²) in [6.45, 7) is 6.04. The minimum absolute atomic E-state index is 0.0588. The van der Waals surface area contributed by atoms with Gasteiger partial charge in [0.05, 0.1) is 24.1 Å². The molecule has 0 bridgehead atoms. The predicted molar refractivity (Wildman–Crippen MR) is 117 cm³/mol. The van der Waals surface area contributed by atoms with E-state index in [0.29, 0.717) is 23.0 Å². The Morgan fingerprint density at radius 3 is 2.45 bits per heavy atom. The summed E-state index contributed by atoms with van der Waals surface area (Å²) in [7, 11) is 0. The maximum Gasteiger partial charge on any atom is 0.224 e. The van der Waals surface area contributed by atoms with Crippen LogP contribution in [0.1, 0.15) is 33.6 Å². The van der Waals surface area contributed by atoms with Crippen LogP contribution in [0.5, 0.6) is 0 Å². The molecule has 5 nitrogen and oxygen atoms in total. The van der Waals surface area contributed by atoms with Crippen LogP contribution in [0.4, 0.5) is 11.4 Å². The van der Waals surface area contributed by atoms with Crippen LogP contribution in [0.15, 0.2) is 54.0 Å². The van der Waals surface area contributed by atoms with Gasteiger partial charge in [0, 0.05) is 40.9 Å². The lowest BCUT2D eigenvalue weighted by Gasteiger charge is -2.32. The third-order valence-corrected chi connectivity index (χ3v) is 5.32. The first-order valence-electron chi connectivity index (χ1n) is 9.32. The van der Waals surface area contributed by atoms with E-state index < -0.39 is 0 Å². The standard InChI is InChI=1S/C16H19N3O2.C6H4Cl2/c1-10(20)19-9-11-12(6-16(2,3)7-15(11)21)18-13-8-17-5-4-14(13)19;7-5-2-1-3-6(8)4-5/h4-5,8,18H,6-7,9H2,1-3H3;1-4H. The second-order valence-corrected chi connectivity index (χ2v) is 8.83. The van der Waals surface area contributed by atoms with Crippen LogP contribution in [-0.2, 0) is 9.59 Å². The number of hydrogen-bond acceptors (Lipinski definition) is 4. The van der Waals surface area contributed by atoms with E-state index in [1.54, 1.807) is 41.6 Å². The Morgan fingerprint density at radius 2 is 1.86 bits per heavy atom. The second kappa shape index (κ2) is 8.56. The van der Waals surface area contributed by atoms with Crippen molar-refractivity contribution in [2.45, 2.75) is 33.6 Å². The summed E-state index contributed by atoms with van der Waals surface area (Å²) in [6.07, 6.45) is 4.68. The fourth-order valence-corrected chi connectivity index (χ4v) is 3.96. The summed E-state index contributed by atoms with van der Waals surface area (Å²) in [6, 6.07) is 8.88. The van der Waals surface area contributed by atoms with Crippen molar-refractivity contribution in [2.24, 2.45) is 5.41 Å². The Kier molecular flexibility index (Phi) is 6.30. The first-order chi connectivity index (χ1) is 13.7. The summed E-state index contributed by atoms with van der Waals surface area (Å²) in [5, 5.41) is 4.69. The zero-order chi connectivity index (χ0) is 21.2. The monoisotopic (exact) mass is 431 g/mol. The molecule has 0 saturated carbocycles. The number of nitrogens with zero attached hydrogens (tertiary/aromatic N) is 2. The average molecular weight is 432 g/mol. The molecule has 29 heavy (non-hydrogen) atoms. The molecule has 0 spiro atoms. The zero-order valence-corrected chi connectivity index (χ0v) is 18.1. The summed E-state index contributed by atoms with van der Waals surface area (Å²) < 4.78 is 0. The lowest BCUT2D eigenvalue weighted by molar-refractivity contribution is -0.118. The molecule has 2 heterocycles. The molecule has 1 aromatic heterocycles. The molecular weight excluding hydrogens is 409 g/mol. The number of carbonyl (C=O) groups excluding carboxylic acids is 2. The van der Waals surface area contributed by atoms with E-state index in [2.05, 4.69) is 24.1 Å². The van der Waals surface area contributed by atoms with E-state index in [1.807, 2.05) is 6.07 Å². The molecule has 152 valence electrons. The van der Waals surface area contributed by atoms with Gasteiger partial charge in [0.2, 0.25) is 5.91 Å². The first-order valence-corrected chi connectivity index (χ1v) is 10.1. The Bertz CT molecular complexity index is 968. The van der Waals surface area contributed by atoms with Crippen LogP contribution >= 0.6 is 23.2 Å². The highest BCUT2D eigenvalue weighted by Gasteiger charge is 2.36. The summed E-state index contributed by atoms with van der Waals surface area (Å²) >= 11 is 11.1. The number of carbonyl (C=O) groups is 2. The van der Waals surface area contributed by atoms with Gasteiger partial charge in [-0.05, 0) is 36.1 Å². The lowest BCUT2D eigenvalue weighted by Crippen LogP contribution is -2.35. The number of rotatable bonds is 0. The number of ketones is 1. The van der Waals surface area contributed by atoms with E-state index in [4.69, 9.17) is 23.2 Å². The molecule has 1 N–H and O–H groups in total.